The van der Waals surface area contributed by atoms with Crippen LogP contribution < -0.4 is 9.64 Å². The van der Waals surface area contributed by atoms with E-state index in [1.54, 1.807) is 16.5 Å². The number of aromatic nitrogens is 3. The predicted molar refractivity (Wildman–Crippen MR) is 150 cm³/mol. The SMILES string of the molecule is CC#CC(=O)N(c1ccc2c(n1)c(OC1CCC(C(=O)OCC)CC1)nn2C)c1cc(C)c(C)cc1C1CC1. The topological polar surface area (TPSA) is 86.6 Å². The van der Waals surface area contributed by atoms with Crippen LogP contribution in [0.5, 0.6) is 5.88 Å². The molecule has 2 aliphatic rings. The molecule has 0 aliphatic heterocycles. The number of carbonyl (C=O) groups excluding carboxylic acids is 2. The Morgan fingerprint density at radius 3 is 2.46 bits per heavy atom. The average molecular weight is 529 g/mol. The van der Waals surface area contributed by atoms with Gasteiger partial charge in [-0.2, -0.15) is 0 Å². The van der Waals surface area contributed by atoms with Crippen LogP contribution in [0.15, 0.2) is 24.3 Å². The second-order valence-corrected chi connectivity index (χ2v) is 10.6. The van der Waals surface area contributed by atoms with Crippen LogP contribution in [0.1, 0.15) is 75.0 Å². The fourth-order valence-electron chi connectivity index (χ4n) is 5.37. The molecule has 2 fully saturated rings. The van der Waals surface area contributed by atoms with E-state index < -0.39 is 0 Å². The Labute approximate surface area is 229 Å². The highest BCUT2D eigenvalue weighted by Gasteiger charge is 2.32. The van der Waals surface area contributed by atoms with Gasteiger partial charge in [-0.15, -0.1) is 5.10 Å². The summed E-state index contributed by atoms with van der Waals surface area (Å²) in [6, 6.07) is 8.05. The van der Waals surface area contributed by atoms with E-state index in [0.29, 0.717) is 29.7 Å². The smallest absolute Gasteiger partial charge is 0.308 e. The summed E-state index contributed by atoms with van der Waals surface area (Å²) in [4.78, 5) is 32.1. The van der Waals surface area contributed by atoms with E-state index in [1.807, 2.05) is 26.1 Å². The second kappa shape index (κ2) is 11.1. The number of carbonyl (C=O) groups is 2. The molecule has 204 valence electrons. The first-order valence-corrected chi connectivity index (χ1v) is 13.9. The van der Waals surface area contributed by atoms with Crippen molar-refractivity contribution in [1.29, 1.82) is 0 Å². The van der Waals surface area contributed by atoms with Crippen LogP contribution in [0.25, 0.3) is 11.0 Å². The molecule has 0 bridgehead atoms. The van der Waals surface area contributed by atoms with Gasteiger partial charge in [0.25, 0.3) is 5.88 Å². The third kappa shape index (κ3) is 5.49. The maximum atomic E-state index is 13.4. The zero-order valence-electron chi connectivity index (χ0n) is 23.4. The number of fused-ring (bicyclic) bond motifs is 1. The van der Waals surface area contributed by atoms with Crippen molar-refractivity contribution in [1.82, 2.24) is 14.8 Å². The summed E-state index contributed by atoms with van der Waals surface area (Å²) < 4.78 is 13.3. The fraction of sp³-hybridized carbons (Fsp3) is 0.484. The van der Waals surface area contributed by atoms with Crippen molar-refractivity contribution in [3.8, 4) is 17.7 Å². The highest BCUT2D eigenvalue weighted by Crippen LogP contribution is 2.46. The van der Waals surface area contributed by atoms with Gasteiger partial charge in [0, 0.05) is 7.05 Å². The Morgan fingerprint density at radius 2 is 1.79 bits per heavy atom. The van der Waals surface area contributed by atoms with Crippen molar-refractivity contribution < 1.29 is 19.1 Å². The summed E-state index contributed by atoms with van der Waals surface area (Å²) in [7, 11) is 1.86. The van der Waals surface area contributed by atoms with Gasteiger partial charge in [0.1, 0.15) is 11.9 Å². The normalized spacial score (nSPS) is 18.8. The summed E-state index contributed by atoms with van der Waals surface area (Å²) in [5.41, 5.74) is 5.73. The minimum atomic E-state index is -0.321. The minimum absolute atomic E-state index is 0.0656. The molecule has 0 spiro atoms. The van der Waals surface area contributed by atoms with Crippen molar-refractivity contribution in [2.45, 2.75) is 78.2 Å². The first kappa shape index (κ1) is 26.7. The molecule has 0 saturated heterocycles. The summed E-state index contributed by atoms with van der Waals surface area (Å²) in [5.74, 6) is 6.33. The van der Waals surface area contributed by atoms with Crippen molar-refractivity contribution in [2.24, 2.45) is 13.0 Å². The molecular weight excluding hydrogens is 492 g/mol. The fourth-order valence-corrected chi connectivity index (χ4v) is 5.37. The van der Waals surface area contributed by atoms with Gasteiger partial charge >= 0.3 is 11.9 Å². The van der Waals surface area contributed by atoms with Crippen LogP contribution in [-0.4, -0.2) is 39.4 Å². The van der Waals surface area contributed by atoms with Crippen molar-refractivity contribution >= 4 is 34.4 Å². The number of nitrogens with zero attached hydrogens (tertiary/aromatic N) is 4. The van der Waals surface area contributed by atoms with Crippen LogP contribution in [-0.2, 0) is 21.4 Å². The lowest BCUT2D eigenvalue weighted by Crippen LogP contribution is -2.29. The third-order valence-corrected chi connectivity index (χ3v) is 7.79. The van der Waals surface area contributed by atoms with Crippen LogP contribution in [0, 0.1) is 31.6 Å². The number of esters is 1. The van der Waals surface area contributed by atoms with E-state index in [-0.39, 0.29) is 23.9 Å². The molecule has 39 heavy (non-hydrogen) atoms. The van der Waals surface area contributed by atoms with Crippen LogP contribution in [0.2, 0.25) is 0 Å². The number of rotatable bonds is 7. The predicted octanol–water partition coefficient (Wildman–Crippen LogP) is 5.65. The van der Waals surface area contributed by atoms with Gasteiger partial charge in [0.05, 0.1) is 23.7 Å². The minimum Gasteiger partial charge on any atom is -0.472 e. The average Bonchev–Trinajstić information content (AvgIpc) is 3.72. The van der Waals surface area contributed by atoms with Gasteiger partial charge in [-0.1, -0.05) is 12.0 Å². The molecule has 0 radical (unpaired) electrons. The third-order valence-electron chi connectivity index (χ3n) is 7.79. The summed E-state index contributed by atoms with van der Waals surface area (Å²) in [5, 5.41) is 4.61. The quantitative estimate of drug-likeness (QED) is 0.291. The number of hydrogen-bond acceptors (Lipinski definition) is 6. The Balaban J connectivity index is 1.49. The molecule has 3 aromatic rings. The molecule has 8 heteroatoms. The van der Waals surface area contributed by atoms with Gasteiger partial charge in [0.15, 0.2) is 5.52 Å². The first-order chi connectivity index (χ1) is 18.8. The molecule has 1 aromatic carbocycles. The van der Waals surface area contributed by atoms with E-state index in [9.17, 15) is 9.59 Å². The highest BCUT2D eigenvalue weighted by atomic mass is 16.5. The lowest BCUT2D eigenvalue weighted by molar-refractivity contribution is -0.149. The first-order valence-electron chi connectivity index (χ1n) is 13.9. The zero-order valence-corrected chi connectivity index (χ0v) is 23.4. The molecular formula is C31H36N4O4. The molecule has 1 amide bonds. The van der Waals surface area contributed by atoms with Crippen molar-refractivity contribution in [3.05, 3.63) is 41.0 Å². The number of ether oxygens (including phenoxy) is 2. The van der Waals surface area contributed by atoms with Crippen molar-refractivity contribution in [2.75, 3.05) is 11.5 Å². The number of pyridine rings is 1. The Hall–Kier alpha value is -3.86. The molecule has 0 atom stereocenters. The number of benzene rings is 1. The molecule has 2 aliphatic carbocycles. The lowest BCUT2D eigenvalue weighted by Gasteiger charge is -2.27. The molecule has 5 rings (SSSR count). The Bertz CT molecular complexity index is 1470. The van der Waals surface area contributed by atoms with Crippen molar-refractivity contribution in [3.63, 3.8) is 0 Å². The monoisotopic (exact) mass is 528 g/mol. The van der Waals surface area contributed by atoms with E-state index in [1.165, 1.54) is 5.56 Å². The Morgan fingerprint density at radius 1 is 1.08 bits per heavy atom. The molecule has 0 unspecified atom stereocenters. The maximum Gasteiger partial charge on any atom is 0.308 e. The molecule has 8 nitrogen and oxygen atoms in total. The summed E-state index contributed by atoms with van der Waals surface area (Å²) in [6.07, 6.45) is 5.09. The van der Waals surface area contributed by atoms with Crippen LogP contribution >= 0.6 is 0 Å². The highest BCUT2D eigenvalue weighted by molar-refractivity contribution is 6.11. The van der Waals surface area contributed by atoms with Gasteiger partial charge in [-0.3, -0.25) is 19.2 Å². The summed E-state index contributed by atoms with van der Waals surface area (Å²) in [6.45, 7) is 8.06. The zero-order chi connectivity index (χ0) is 27.7. The van der Waals surface area contributed by atoms with Gasteiger partial charge in [-0.25, -0.2) is 4.98 Å². The number of amides is 1. The number of anilines is 2. The largest absolute Gasteiger partial charge is 0.472 e. The van der Waals surface area contributed by atoms with Gasteiger partial charge in [0.2, 0.25) is 0 Å². The molecule has 2 heterocycles. The standard InChI is InChI=1S/C31H36N4O4/c1-6-8-28(36)35(26-18-20(4)19(3)17-24(26)21-9-10-21)27-16-15-25-29(32-27)30(33-34(25)5)39-23-13-11-22(12-14-23)31(37)38-7-2/h15-18,21-23H,7,9-14H2,1-5H3. The summed E-state index contributed by atoms with van der Waals surface area (Å²) >= 11 is 0. The second-order valence-electron chi connectivity index (χ2n) is 10.6. The van der Waals surface area contributed by atoms with Gasteiger partial charge < -0.3 is 9.47 Å². The maximum absolute atomic E-state index is 13.4. The van der Waals surface area contributed by atoms with Crippen LogP contribution in [0.3, 0.4) is 0 Å². The molecule has 2 saturated carbocycles. The van der Waals surface area contributed by atoms with E-state index in [0.717, 1.165) is 60.9 Å². The molecule has 2 aromatic heterocycles. The van der Waals surface area contributed by atoms with Crippen LogP contribution in [0.4, 0.5) is 11.5 Å². The van der Waals surface area contributed by atoms with E-state index in [2.05, 4.69) is 42.9 Å². The number of aryl methyl sites for hydroxylation is 3. The van der Waals surface area contributed by atoms with E-state index in [4.69, 9.17) is 14.5 Å². The Kier molecular flexibility index (Phi) is 7.60. The van der Waals surface area contributed by atoms with E-state index >= 15 is 0 Å². The van der Waals surface area contributed by atoms with Gasteiger partial charge in [-0.05, 0) is 113 Å². The lowest BCUT2D eigenvalue weighted by atomic mass is 9.87. The number of hydrogen-bond donors (Lipinski definition) is 0. The molecule has 0 N–H and O–H groups in total.